The molecule has 144 valence electrons. The van der Waals surface area contributed by atoms with Gasteiger partial charge in [-0.15, -0.1) is 0 Å². The number of carbonyl (C=O) groups excluding carboxylic acids is 2. The monoisotopic (exact) mass is 365 g/mol. The molecule has 0 aliphatic carbocycles. The smallest absolute Gasteiger partial charge is 0.225 e. The number of hydrogen-bond donors (Lipinski definition) is 1. The number of hydrogen-bond acceptors (Lipinski definition) is 4. The van der Waals surface area contributed by atoms with Gasteiger partial charge in [0.05, 0.1) is 18.6 Å². The van der Waals surface area contributed by atoms with Crippen molar-refractivity contribution >= 4 is 11.8 Å². The van der Waals surface area contributed by atoms with Gasteiger partial charge in [0, 0.05) is 38.7 Å². The summed E-state index contributed by atoms with van der Waals surface area (Å²) in [6, 6.07) is 5.73. The maximum atomic E-state index is 14.5. The molecule has 7 heteroatoms. The zero-order valence-corrected chi connectivity index (χ0v) is 15.7. The van der Waals surface area contributed by atoms with Crippen molar-refractivity contribution in [2.45, 2.75) is 18.9 Å². The van der Waals surface area contributed by atoms with E-state index >= 15 is 0 Å². The highest BCUT2D eigenvalue weighted by Gasteiger charge is 2.41. The molecule has 0 radical (unpaired) electrons. The molecule has 2 rings (SSSR count). The van der Waals surface area contributed by atoms with Crippen LogP contribution in [0.25, 0.3) is 0 Å². The van der Waals surface area contributed by atoms with Gasteiger partial charge >= 0.3 is 0 Å². The van der Waals surface area contributed by atoms with E-state index in [0.29, 0.717) is 31.7 Å². The lowest BCUT2D eigenvalue weighted by Crippen LogP contribution is -2.49. The van der Waals surface area contributed by atoms with Crippen LogP contribution in [0.2, 0.25) is 0 Å². The fourth-order valence-electron chi connectivity index (χ4n) is 3.31. The van der Waals surface area contributed by atoms with Gasteiger partial charge in [0.25, 0.3) is 0 Å². The summed E-state index contributed by atoms with van der Waals surface area (Å²) in [4.78, 5) is 28.8. The molecule has 0 saturated carbocycles. The first-order chi connectivity index (χ1) is 12.5. The molecule has 1 aliphatic heterocycles. The minimum Gasteiger partial charge on any atom is -0.383 e. The molecule has 1 N–H and O–H groups in total. The third kappa shape index (κ3) is 5.02. The Labute approximate surface area is 154 Å². The molecule has 0 spiro atoms. The third-order valence-corrected chi connectivity index (χ3v) is 4.66. The minimum atomic E-state index is -0.619. The number of methoxy groups -OCH3 is 1. The first kappa shape index (κ1) is 20.3. The summed E-state index contributed by atoms with van der Waals surface area (Å²) in [5.41, 5.74) is 0.379. The number of carbonyl (C=O) groups is 2. The highest BCUT2D eigenvalue weighted by molar-refractivity contribution is 5.85. The average molecular weight is 365 g/mol. The second-order valence-corrected chi connectivity index (χ2v) is 6.79. The van der Waals surface area contributed by atoms with Crippen molar-refractivity contribution in [1.82, 2.24) is 15.1 Å². The van der Waals surface area contributed by atoms with Gasteiger partial charge in [-0.1, -0.05) is 18.2 Å². The number of halogens is 1. The number of piperidine rings is 1. The Hall–Kier alpha value is -1.99. The van der Waals surface area contributed by atoms with Crippen LogP contribution in [0, 0.1) is 11.7 Å². The van der Waals surface area contributed by atoms with E-state index in [9.17, 15) is 14.0 Å². The van der Waals surface area contributed by atoms with Gasteiger partial charge in [-0.05, 0) is 26.6 Å². The normalized spacial score (nSPS) is 20.5. The molecule has 1 aromatic rings. The standard InChI is InChI=1S/C19H28FN3O3/c1-22(2)11-10-21-19(25)15-8-9-17(24)23(12-13-26-3)18(15)14-6-4-5-7-16(14)20/h4-7,15,18H,8-13H2,1-3H3,(H,21,25)/t15-,18+/m1/s1. The minimum absolute atomic E-state index is 0.0763. The van der Waals surface area contributed by atoms with Crippen molar-refractivity contribution < 1.29 is 18.7 Å². The molecule has 2 amide bonds. The van der Waals surface area contributed by atoms with Gasteiger partial charge in [0.15, 0.2) is 0 Å². The molecule has 1 saturated heterocycles. The maximum Gasteiger partial charge on any atom is 0.225 e. The summed E-state index contributed by atoms with van der Waals surface area (Å²) < 4.78 is 19.6. The lowest BCUT2D eigenvalue weighted by molar-refractivity contribution is -0.144. The van der Waals surface area contributed by atoms with E-state index in [2.05, 4.69) is 5.32 Å². The predicted octanol–water partition coefficient (Wildman–Crippen LogP) is 1.43. The number of nitrogens with zero attached hydrogens (tertiary/aromatic N) is 2. The molecule has 2 atom stereocenters. The van der Waals surface area contributed by atoms with Crippen LogP contribution in [0.3, 0.4) is 0 Å². The number of ether oxygens (including phenoxy) is 1. The van der Waals surface area contributed by atoms with E-state index in [1.807, 2.05) is 19.0 Å². The van der Waals surface area contributed by atoms with Crippen molar-refractivity contribution in [3.05, 3.63) is 35.6 Å². The third-order valence-electron chi connectivity index (χ3n) is 4.66. The lowest BCUT2D eigenvalue weighted by atomic mass is 9.83. The van der Waals surface area contributed by atoms with Gasteiger partial charge in [0.2, 0.25) is 11.8 Å². The maximum absolute atomic E-state index is 14.5. The molecular weight excluding hydrogens is 337 g/mol. The Morgan fingerprint density at radius 2 is 2.12 bits per heavy atom. The second-order valence-electron chi connectivity index (χ2n) is 6.79. The van der Waals surface area contributed by atoms with Crippen LogP contribution in [0.5, 0.6) is 0 Å². The number of benzene rings is 1. The Morgan fingerprint density at radius 1 is 1.38 bits per heavy atom. The predicted molar refractivity (Wildman–Crippen MR) is 97.0 cm³/mol. The SMILES string of the molecule is COCCN1C(=O)CC[C@@H](C(=O)NCCN(C)C)[C@@H]1c1ccccc1F. The van der Waals surface area contributed by atoms with Crippen LogP contribution in [0.15, 0.2) is 24.3 Å². The molecular formula is C19H28FN3O3. The number of amides is 2. The number of rotatable bonds is 8. The van der Waals surface area contributed by atoms with Crippen molar-refractivity contribution in [2.75, 3.05) is 47.4 Å². The molecule has 0 bridgehead atoms. The van der Waals surface area contributed by atoms with Gasteiger partial charge in [-0.2, -0.15) is 0 Å². The zero-order chi connectivity index (χ0) is 19.1. The van der Waals surface area contributed by atoms with Crippen LogP contribution >= 0.6 is 0 Å². The Balaban J connectivity index is 2.27. The number of likely N-dealkylation sites (tertiary alicyclic amines) is 1. The van der Waals surface area contributed by atoms with Gasteiger partial charge in [-0.25, -0.2) is 4.39 Å². The molecule has 1 aliphatic rings. The van der Waals surface area contributed by atoms with E-state index < -0.39 is 17.8 Å². The molecule has 1 aromatic carbocycles. The van der Waals surface area contributed by atoms with Crippen LogP contribution in [0.1, 0.15) is 24.4 Å². The van der Waals surface area contributed by atoms with Crippen molar-refractivity contribution in [3.8, 4) is 0 Å². The fraction of sp³-hybridized carbons (Fsp3) is 0.579. The molecule has 1 heterocycles. The van der Waals surface area contributed by atoms with Crippen LogP contribution in [-0.2, 0) is 14.3 Å². The quantitative estimate of drug-likeness (QED) is 0.757. The summed E-state index contributed by atoms with van der Waals surface area (Å²) in [6.45, 7) is 1.90. The van der Waals surface area contributed by atoms with E-state index in [4.69, 9.17) is 4.74 Å². The Morgan fingerprint density at radius 3 is 2.77 bits per heavy atom. The fourth-order valence-corrected chi connectivity index (χ4v) is 3.31. The Kier molecular flexibility index (Phi) is 7.53. The number of nitrogens with one attached hydrogen (secondary N) is 1. The molecule has 1 fully saturated rings. The van der Waals surface area contributed by atoms with Gasteiger partial charge in [-0.3, -0.25) is 9.59 Å². The second kappa shape index (κ2) is 9.64. The lowest BCUT2D eigenvalue weighted by Gasteiger charge is -2.40. The van der Waals surface area contributed by atoms with Crippen molar-refractivity contribution in [3.63, 3.8) is 0 Å². The number of likely N-dealkylation sites (N-methyl/N-ethyl adjacent to an activating group) is 1. The van der Waals surface area contributed by atoms with E-state index in [1.165, 1.54) is 6.07 Å². The zero-order valence-electron chi connectivity index (χ0n) is 15.7. The summed E-state index contributed by atoms with van der Waals surface area (Å²) in [6.07, 6.45) is 0.690. The summed E-state index contributed by atoms with van der Waals surface area (Å²) in [7, 11) is 5.41. The molecule has 6 nitrogen and oxygen atoms in total. The van der Waals surface area contributed by atoms with Crippen LogP contribution < -0.4 is 5.32 Å². The largest absolute Gasteiger partial charge is 0.383 e. The van der Waals surface area contributed by atoms with Crippen molar-refractivity contribution in [2.24, 2.45) is 5.92 Å². The summed E-state index contributed by atoms with van der Waals surface area (Å²) >= 11 is 0. The van der Waals surface area contributed by atoms with Crippen LogP contribution in [0.4, 0.5) is 4.39 Å². The first-order valence-corrected chi connectivity index (χ1v) is 8.91. The first-order valence-electron chi connectivity index (χ1n) is 8.91. The van der Waals surface area contributed by atoms with Crippen LogP contribution in [-0.4, -0.2) is 69.1 Å². The Bertz CT molecular complexity index is 624. The van der Waals surface area contributed by atoms with E-state index in [0.717, 1.165) is 6.54 Å². The highest BCUT2D eigenvalue weighted by atomic mass is 19.1. The average Bonchev–Trinajstić information content (AvgIpc) is 2.60. The summed E-state index contributed by atoms with van der Waals surface area (Å²) in [5, 5.41) is 2.92. The molecule has 26 heavy (non-hydrogen) atoms. The molecule has 0 aromatic heterocycles. The van der Waals surface area contributed by atoms with Gasteiger partial charge < -0.3 is 19.9 Å². The van der Waals surface area contributed by atoms with E-state index in [-0.39, 0.29) is 18.2 Å². The van der Waals surface area contributed by atoms with Gasteiger partial charge in [0.1, 0.15) is 5.82 Å². The van der Waals surface area contributed by atoms with Crippen molar-refractivity contribution in [1.29, 1.82) is 0 Å². The molecule has 0 unspecified atom stereocenters. The highest BCUT2D eigenvalue weighted by Crippen LogP contribution is 2.37. The van der Waals surface area contributed by atoms with E-state index in [1.54, 1.807) is 30.2 Å². The topological polar surface area (TPSA) is 61.9 Å². The summed E-state index contributed by atoms with van der Waals surface area (Å²) in [5.74, 6) is -1.10.